The van der Waals surface area contributed by atoms with Gasteiger partial charge in [0.05, 0.1) is 5.60 Å². The summed E-state index contributed by atoms with van der Waals surface area (Å²) in [6, 6.07) is 0. The van der Waals surface area contributed by atoms with Crippen LogP contribution in [0.15, 0.2) is 0 Å². The maximum absolute atomic E-state index is 11.5. The van der Waals surface area contributed by atoms with Crippen LogP contribution < -0.4 is 5.73 Å². The zero-order valence-electron chi connectivity index (χ0n) is 14.2. The first-order valence-corrected chi connectivity index (χ1v) is 9.27. The van der Waals surface area contributed by atoms with Crippen molar-refractivity contribution in [2.45, 2.75) is 96.5 Å². The van der Waals surface area contributed by atoms with Crippen LogP contribution in [0.3, 0.4) is 0 Å². The molecule has 0 heterocycles. The Morgan fingerprint density at radius 1 is 0.762 bits per heavy atom. The van der Waals surface area contributed by atoms with E-state index in [2.05, 4.69) is 13.8 Å². The molecule has 0 atom stereocenters. The summed E-state index contributed by atoms with van der Waals surface area (Å²) in [7, 11) is 0. The molecule has 3 aliphatic carbocycles. The molecule has 3 aliphatic rings. The number of hydrogen-bond donors (Lipinski definition) is 2. The average Bonchev–Trinajstić information content (AvgIpc) is 2.92. The standard InChI is InChI=1S/C19H35NO/c1-16(2)7-11-18(15-20,12-8-16)19(21)13-9-17(10-14-19)5-3-4-6-17/h21H,3-15,20H2,1-2H3. The first-order chi connectivity index (χ1) is 9.85. The largest absolute Gasteiger partial charge is 0.389 e. The van der Waals surface area contributed by atoms with E-state index in [1.807, 2.05) is 0 Å². The van der Waals surface area contributed by atoms with Gasteiger partial charge in [-0.05, 0) is 75.0 Å². The van der Waals surface area contributed by atoms with Gasteiger partial charge in [-0.1, -0.05) is 26.7 Å². The summed E-state index contributed by atoms with van der Waals surface area (Å²) in [6.07, 6.45) is 14.8. The minimum Gasteiger partial charge on any atom is -0.389 e. The monoisotopic (exact) mass is 293 g/mol. The minimum absolute atomic E-state index is 0.00271. The second-order valence-electron chi connectivity index (χ2n) is 9.39. The van der Waals surface area contributed by atoms with E-state index in [1.54, 1.807) is 0 Å². The van der Waals surface area contributed by atoms with Gasteiger partial charge in [-0.15, -0.1) is 0 Å². The van der Waals surface area contributed by atoms with Crippen LogP contribution in [0.2, 0.25) is 0 Å². The van der Waals surface area contributed by atoms with E-state index in [-0.39, 0.29) is 5.41 Å². The van der Waals surface area contributed by atoms with Crippen LogP contribution >= 0.6 is 0 Å². The Bertz CT molecular complexity index is 361. The predicted octanol–water partition coefficient (Wildman–Crippen LogP) is 4.40. The molecule has 0 aromatic carbocycles. The molecule has 2 nitrogen and oxygen atoms in total. The lowest BCUT2D eigenvalue weighted by molar-refractivity contribution is -0.147. The third-order valence-electron chi connectivity index (χ3n) is 7.74. The summed E-state index contributed by atoms with van der Waals surface area (Å²) in [5.74, 6) is 0. The van der Waals surface area contributed by atoms with Gasteiger partial charge < -0.3 is 10.8 Å². The van der Waals surface area contributed by atoms with Gasteiger partial charge in [0.1, 0.15) is 0 Å². The minimum atomic E-state index is -0.480. The number of hydrogen-bond acceptors (Lipinski definition) is 2. The highest BCUT2D eigenvalue weighted by atomic mass is 16.3. The molecule has 0 aromatic heterocycles. The topological polar surface area (TPSA) is 46.2 Å². The molecule has 122 valence electrons. The highest BCUT2D eigenvalue weighted by Gasteiger charge is 2.55. The summed E-state index contributed by atoms with van der Waals surface area (Å²) >= 11 is 0. The van der Waals surface area contributed by atoms with E-state index in [9.17, 15) is 5.11 Å². The quantitative estimate of drug-likeness (QED) is 0.793. The highest BCUT2D eigenvalue weighted by molar-refractivity contribution is 5.07. The normalized spacial score (nSPS) is 37.7. The van der Waals surface area contributed by atoms with Gasteiger partial charge in [0.2, 0.25) is 0 Å². The number of rotatable bonds is 2. The van der Waals surface area contributed by atoms with Crippen molar-refractivity contribution in [3.8, 4) is 0 Å². The molecule has 21 heavy (non-hydrogen) atoms. The Balaban J connectivity index is 1.72. The molecule has 0 amide bonds. The molecule has 3 fully saturated rings. The molecule has 2 heteroatoms. The van der Waals surface area contributed by atoms with E-state index >= 15 is 0 Å². The van der Waals surface area contributed by atoms with Crippen molar-refractivity contribution < 1.29 is 5.11 Å². The van der Waals surface area contributed by atoms with Crippen molar-refractivity contribution in [1.82, 2.24) is 0 Å². The summed E-state index contributed by atoms with van der Waals surface area (Å²) in [5.41, 5.74) is 6.78. The molecule has 3 N–H and O–H groups in total. The Morgan fingerprint density at radius 2 is 1.29 bits per heavy atom. The predicted molar refractivity (Wildman–Crippen MR) is 88.1 cm³/mol. The lowest BCUT2D eigenvalue weighted by atomic mass is 9.53. The van der Waals surface area contributed by atoms with E-state index < -0.39 is 5.60 Å². The van der Waals surface area contributed by atoms with Crippen LogP contribution in [0.25, 0.3) is 0 Å². The molecule has 0 unspecified atom stereocenters. The molecule has 3 saturated carbocycles. The lowest BCUT2D eigenvalue weighted by Crippen LogP contribution is -2.57. The van der Waals surface area contributed by atoms with E-state index in [0.717, 1.165) is 25.7 Å². The SMILES string of the molecule is CC1(C)CCC(CN)(C2(O)CCC3(CCCC3)CC2)CC1. The average molecular weight is 293 g/mol. The number of nitrogens with two attached hydrogens (primary N) is 1. The zero-order valence-corrected chi connectivity index (χ0v) is 14.2. The molecule has 0 aliphatic heterocycles. The van der Waals surface area contributed by atoms with Crippen LogP contribution in [0.5, 0.6) is 0 Å². The first kappa shape index (κ1) is 15.8. The smallest absolute Gasteiger partial charge is 0.0716 e. The van der Waals surface area contributed by atoms with Gasteiger partial charge in [-0.3, -0.25) is 0 Å². The fourth-order valence-corrected chi connectivity index (χ4v) is 5.61. The highest BCUT2D eigenvalue weighted by Crippen LogP contribution is 2.59. The van der Waals surface area contributed by atoms with Crippen LogP contribution in [0.1, 0.15) is 90.9 Å². The van der Waals surface area contributed by atoms with Crippen molar-refractivity contribution in [2.24, 2.45) is 22.0 Å². The Hall–Kier alpha value is -0.0800. The summed E-state index contributed by atoms with van der Waals surface area (Å²) in [4.78, 5) is 0. The van der Waals surface area contributed by atoms with E-state index in [4.69, 9.17) is 5.73 Å². The molecule has 0 aromatic rings. The van der Waals surface area contributed by atoms with Gasteiger partial charge in [0.15, 0.2) is 0 Å². The molecule has 1 spiro atoms. The van der Waals surface area contributed by atoms with Gasteiger partial charge in [0.25, 0.3) is 0 Å². The van der Waals surface area contributed by atoms with Crippen molar-refractivity contribution in [2.75, 3.05) is 6.54 Å². The fourth-order valence-electron chi connectivity index (χ4n) is 5.61. The third kappa shape index (κ3) is 2.67. The lowest BCUT2D eigenvalue weighted by Gasteiger charge is -2.56. The van der Waals surface area contributed by atoms with Crippen molar-refractivity contribution in [3.63, 3.8) is 0 Å². The molecular weight excluding hydrogens is 258 g/mol. The molecular formula is C19H35NO. The second-order valence-corrected chi connectivity index (χ2v) is 9.39. The fraction of sp³-hybridized carbons (Fsp3) is 1.00. The van der Waals surface area contributed by atoms with Crippen LogP contribution in [-0.4, -0.2) is 17.3 Å². The van der Waals surface area contributed by atoms with Gasteiger partial charge in [0, 0.05) is 12.0 Å². The van der Waals surface area contributed by atoms with Crippen LogP contribution in [0.4, 0.5) is 0 Å². The maximum Gasteiger partial charge on any atom is 0.0716 e. The third-order valence-corrected chi connectivity index (χ3v) is 7.74. The Labute approximate surface area is 130 Å². The summed E-state index contributed by atoms with van der Waals surface area (Å²) in [5, 5.41) is 11.5. The van der Waals surface area contributed by atoms with E-state index in [0.29, 0.717) is 17.4 Å². The molecule has 0 bridgehead atoms. The van der Waals surface area contributed by atoms with Gasteiger partial charge >= 0.3 is 0 Å². The van der Waals surface area contributed by atoms with Crippen molar-refractivity contribution in [3.05, 3.63) is 0 Å². The Kier molecular flexibility index (Phi) is 3.94. The summed E-state index contributed by atoms with van der Waals surface area (Å²) in [6.45, 7) is 5.41. The summed E-state index contributed by atoms with van der Waals surface area (Å²) < 4.78 is 0. The first-order valence-electron chi connectivity index (χ1n) is 9.27. The number of aliphatic hydroxyl groups is 1. The van der Waals surface area contributed by atoms with Crippen molar-refractivity contribution in [1.29, 1.82) is 0 Å². The zero-order chi connectivity index (χ0) is 15.2. The molecule has 3 rings (SSSR count). The maximum atomic E-state index is 11.5. The second kappa shape index (κ2) is 5.23. The molecule has 0 radical (unpaired) electrons. The van der Waals surface area contributed by atoms with Crippen LogP contribution in [0, 0.1) is 16.2 Å². The van der Waals surface area contributed by atoms with Crippen molar-refractivity contribution >= 4 is 0 Å². The van der Waals surface area contributed by atoms with Crippen LogP contribution in [-0.2, 0) is 0 Å². The van der Waals surface area contributed by atoms with Gasteiger partial charge in [-0.2, -0.15) is 0 Å². The molecule has 0 saturated heterocycles. The van der Waals surface area contributed by atoms with Gasteiger partial charge in [-0.25, -0.2) is 0 Å². The Morgan fingerprint density at radius 3 is 1.76 bits per heavy atom. The van der Waals surface area contributed by atoms with E-state index in [1.165, 1.54) is 51.4 Å².